The van der Waals surface area contributed by atoms with E-state index in [2.05, 4.69) is 39.0 Å². The molecule has 0 saturated carbocycles. The first kappa shape index (κ1) is 25.0. The number of hydrogen-bond acceptors (Lipinski definition) is 3. The quantitative estimate of drug-likeness (QED) is 0.388. The van der Waals surface area contributed by atoms with Crippen molar-refractivity contribution in [2.75, 3.05) is 6.54 Å². The number of rotatable bonds is 9. The molecule has 4 heteroatoms. The largest absolute Gasteiger partial charge is 0.488 e. The highest BCUT2D eigenvalue weighted by Gasteiger charge is 2.22. The minimum Gasteiger partial charge on any atom is -0.488 e. The van der Waals surface area contributed by atoms with Crippen LogP contribution in [0.5, 0.6) is 0 Å². The second-order valence-electron chi connectivity index (χ2n) is 8.36. The molecule has 1 aliphatic rings. The molecule has 2 aromatic rings. The fourth-order valence-electron chi connectivity index (χ4n) is 3.98. The zero-order valence-corrected chi connectivity index (χ0v) is 20.8. The molecule has 2 aromatic carbocycles. The lowest BCUT2D eigenvalue weighted by Crippen LogP contribution is -2.19. The van der Waals surface area contributed by atoms with E-state index in [1.165, 1.54) is 16.7 Å². The van der Waals surface area contributed by atoms with Gasteiger partial charge in [-0.2, -0.15) is 0 Å². The van der Waals surface area contributed by atoms with E-state index in [1.807, 2.05) is 55.5 Å². The summed E-state index contributed by atoms with van der Waals surface area (Å²) in [5.74, 6) is 0.571. The highest BCUT2D eigenvalue weighted by atomic mass is 35.5. The van der Waals surface area contributed by atoms with Crippen molar-refractivity contribution < 1.29 is 9.84 Å². The number of benzene rings is 2. The standard InChI is InChI=1S/C29H34ClNO2/c1-5-10-22(27-19-25(30)14-13-20(27)3)15-16-31-21(4)24-17-26(6-2)33-28(18-24)29(32)23-11-8-7-9-12-23/h7-14,17-19,26,29,32H,5-6,15-16H2,1-4H3. The molecule has 1 heterocycles. The summed E-state index contributed by atoms with van der Waals surface area (Å²) in [5.41, 5.74) is 6.48. The summed E-state index contributed by atoms with van der Waals surface area (Å²) in [6, 6.07) is 15.6. The Hall–Kier alpha value is -2.62. The van der Waals surface area contributed by atoms with Gasteiger partial charge in [0.25, 0.3) is 0 Å². The summed E-state index contributed by atoms with van der Waals surface area (Å²) < 4.78 is 6.05. The van der Waals surface area contributed by atoms with Gasteiger partial charge in [-0.1, -0.05) is 67.9 Å². The Bertz CT molecular complexity index is 1070. The number of halogens is 1. The van der Waals surface area contributed by atoms with E-state index in [1.54, 1.807) is 0 Å². The van der Waals surface area contributed by atoms with E-state index in [-0.39, 0.29) is 6.10 Å². The van der Waals surface area contributed by atoms with Gasteiger partial charge >= 0.3 is 0 Å². The van der Waals surface area contributed by atoms with Crippen molar-refractivity contribution in [3.8, 4) is 0 Å². The Morgan fingerprint density at radius 2 is 1.94 bits per heavy atom. The number of nitrogens with zero attached hydrogens (tertiary/aromatic N) is 1. The maximum absolute atomic E-state index is 10.9. The number of aliphatic imine (C=N–C) groups is 1. The summed E-state index contributed by atoms with van der Waals surface area (Å²) >= 11 is 6.26. The molecule has 2 unspecified atom stereocenters. The highest BCUT2D eigenvalue weighted by Crippen LogP contribution is 2.30. The predicted octanol–water partition coefficient (Wildman–Crippen LogP) is 7.65. The van der Waals surface area contributed by atoms with E-state index in [4.69, 9.17) is 21.3 Å². The molecule has 1 N–H and O–H groups in total. The second-order valence-corrected chi connectivity index (χ2v) is 8.80. The molecule has 3 nitrogen and oxygen atoms in total. The van der Waals surface area contributed by atoms with Gasteiger partial charge in [-0.15, -0.1) is 0 Å². The molecule has 1 aliphatic heterocycles. The number of hydrogen-bond donors (Lipinski definition) is 1. The van der Waals surface area contributed by atoms with Crippen molar-refractivity contribution in [3.05, 3.63) is 99.8 Å². The minimum absolute atomic E-state index is 0.0758. The number of aryl methyl sites for hydroxylation is 1. The molecule has 2 atom stereocenters. The topological polar surface area (TPSA) is 41.8 Å². The predicted molar refractivity (Wildman–Crippen MR) is 140 cm³/mol. The number of ether oxygens (including phenoxy) is 1. The van der Waals surface area contributed by atoms with Crippen LogP contribution in [-0.4, -0.2) is 23.5 Å². The Kier molecular flexibility index (Phi) is 9.11. The third kappa shape index (κ3) is 6.69. The normalized spacial score (nSPS) is 17.8. The molecule has 0 fully saturated rings. The summed E-state index contributed by atoms with van der Waals surface area (Å²) in [4.78, 5) is 4.88. The van der Waals surface area contributed by atoms with Gasteiger partial charge < -0.3 is 9.84 Å². The summed E-state index contributed by atoms with van der Waals surface area (Å²) in [6.45, 7) is 9.06. The van der Waals surface area contributed by atoms with Crippen molar-refractivity contribution in [2.45, 2.75) is 59.2 Å². The van der Waals surface area contributed by atoms with E-state index < -0.39 is 6.10 Å². The summed E-state index contributed by atoms with van der Waals surface area (Å²) in [5, 5.41) is 11.6. The first-order valence-corrected chi connectivity index (χ1v) is 12.1. The molecule has 33 heavy (non-hydrogen) atoms. The minimum atomic E-state index is -0.790. The molecule has 0 radical (unpaired) electrons. The zero-order chi connectivity index (χ0) is 23.8. The van der Waals surface area contributed by atoms with Crippen LogP contribution in [-0.2, 0) is 4.74 Å². The lowest BCUT2D eigenvalue weighted by Gasteiger charge is -2.26. The van der Waals surface area contributed by atoms with E-state index in [9.17, 15) is 5.11 Å². The SMILES string of the molecule is CCC=C(CCN=C(C)C1=CC(CC)OC(C(O)c2ccccc2)=C1)c1cc(Cl)ccc1C. The Labute approximate surface area is 203 Å². The zero-order valence-electron chi connectivity index (χ0n) is 20.0. The number of aliphatic hydroxyl groups is 1. The number of allylic oxidation sites excluding steroid dienone is 3. The maximum Gasteiger partial charge on any atom is 0.136 e. The third-order valence-corrected chi connectivity index (χ3v) is 6.12. The summed E-state index contributed by atoms with van der Waals surface area (Å²) in [6.07, 6.45) is 8.06. The number of aliphatic hydroxyl groups excluding tert-OH is 1. The van der Waals surface area contributed by atoms with E-state index in [0.29, 0.717) is 12.3 Å². The van der Waals surface area contributed by atoms with Crippen LogP contribution in [0.1, 0.15) is 62.8 Å². The molecule has 0 bridgehead atoms. The molecule has 3 rings (SSSR count). The molecule has 174 valence electrons. The first-order chi connectivity index (χ1) is 15.9. The van der Waals surface area contributed by atoms with E-state index >= 15 is 0 Å². The van der Waals surface area contributed by atoms with Gasteiger partial charge in [-0.05, 0) is 85.2 Å². The third-order valence-electron chi connectivity index (χ3n) is 5.88. The maximum atomic E-state index is 10.9. The monoisotopic (exact) mass is 463 g/mol. The van der Waals surface area contributed by atoms with Crippen LogP contribution >= 0.6 is 11.6 Å². The van der Waals surface area contributed by atoms with Crippen LogP contribution in [0.3, 0.4) is 0 Å². The molecule has 0 amide bonds. The average Bonchev–Trinajstić information content (AvgIpc) is 2.84. The Balaban J connectivity index is 1.77. The second kappa shape index (κ2) is 12.0. The fraction of sp³-hybridized carbons (Fsp3) is 0.345. The van der Waals surface area contributed by atoms with Crippen molar-refractivity contribution in [1.29, 1.82) is 0 Å². The smallest absolute Gasteiger partial charge is 0.136 e. The van der Waals surface area contributed by atoms with E-state index in [0.717, 1.165) is 41.1 Å². The van der Waals surface area contributed by atoms with Crippen molar-refractivity contribution in [3.63, 3.8) is 0 Å². The van der Waals surface area contributed by atoms with Gasteiger partial charge in [-0.25, -0.2) is 0 Å². The molecule has 0 saturated heterocycles. The lowest BCUT2D eigenvalue weighted by atomic mass is 9.97. The van der Waals surface area contributed by atoms with Gasteiger partial charge in [0.2, 0.25) is 0 Å². The van der Waals surface area contributed by atoms with Gasteiger partial charge in [0, 0.05) is 17.3 Å². The van der Waals surface area contributed by atoms with Crippen molar-refractivity contribution in [2.24, 2.45) is 4.99 Å². The summed E-state index contributed by atoms with van der Waals surface area (Å²) in [7, 11) is 0. The molecular weight excluding hydrogens is 430 g/mol. The van der Waals surface area contributed by atoms with Gasteiger partial charge in [0.05, 0.1) is 0 Å². The molecule has 0 aliphatic carbocycles. The van der Waals surface area contributed by atoms with Crippen molar-refractivity contribution >= 4 is 22.9 Å². The average molecular weight is 464 g/mol. The highest BCUT2D eigenvalue weighted by molar-refractivity contribution is 6.30. The van der Waals surface area contributed by atoms with Crippen LogP contribution in [0.15, 0.2) is 83.1 Å². The van der Waals surface area contributed by atoms with Crippen LogP contribution in [0.2, 0.25) is 5.02 Å². The van der Waals surface area contributed by atoms with Gasteiger partial charge in [-0.3, -0.25) is 4.99 Å². The van der Waals surface area contributed by atoms with Crippen LogP contribution in [0.4, 0.5) is 0 Å². The van der Waals surface area contributed by atoms with Crippen LogP contribution < -0.4 is 0 Å². The van der Waals surface area contributed by atoms with Gasteiger partial charge in [0.1, 0.15) is 18.0 Å². The molecule has 0 spiro atoms. The Morgan fingerprint density at radius 1 is 1.18 bits per heavy atom. The fourth-order valence-corrected chi connectivity index (χ4v) is 4.15. The van der Waals surface area contributed by atoms with Crippen LogP contribution in [0, 0.1) is 6.92 Å². The van der Waals surface area contributed by atoms with Gasteiger partial charge in [0.15, 0.2) is 0 Å². The molecular formula is C29H34ClNO2. The molecule has 0 aromatic heterocycles. The Morgan fingerprint density at radius 3 is 2.64 bits per heavy atom. The van der Waals surface area contributed by atoms with Crippen molar-refractivity contribution in [1.82, 2.24) is 0 Å². The lowest BCUT2D eigenvalue weighted by molar-refractivity contribution is 0.0690. The first-order valence-electron chi connectivity index (χ1n) is 11.7. The van der Waals surface area contributed by atoms with Crippen LogP contribution in [0.25, 0.3) is 5.57 Å².